The molecule has 0 radical (unpaired) electrons. The van der Waals surface area contributed by atoms with Crippen molar-refractivity contribution in [3.63, 3.8) is 0 Å². The average molecular weight is 274 g/mol. The van der Waals surface area contributed by atoms with Gasteiger partial charge in [-0.1, -0.05) is 23.7 Å². The summed E-state index contributed by atoms with van der Waals surface area (Å²) in [6.07, 6.45) is -3.01. The fourth-order valence-corrected chi connectivity index (χ4v) is 1.40. The molecule has 0 spiro atoms. The minimum Gasteiger partial charge on any atom is -0.323 e. The number of halogens is 4. The molecule has 0 fully saturated rings. The Labute approximate surface area is 106 Å². The molecular formula is C11H7ClF3N3. The van der Waals surface area contributed by atoms with Crippen molar-refractivity contribution in [3.05, 3.63) is 47.2 Å². The van der Waals surface area contributed by atoms with Gasteiger partial charge in [-0.25, -0.2) is 9.97 Å². The highest BCUT2D eigenvalue weighted by Crippen LogP contribution is 2.28. The number of anilines is 2. The summed E-state index contributed by atoms with van der Waals surface area (Å²) in [5.41, 5.74) is -0.369. The van der Waals surface area contributed by atoms with Gasteiger partial charge in [0.2, 0.25) is 5.95 Å². The molecule has 7 heteroatoms. The van der Waals surface area contributed by atoms with Crippen molar-refractivity contribution in [3.8, 4) is 0 Å². The SMILES string of the molecule is FC(F)(F)c1cnc(Nc2ccccc2Cl)nc1. The molecule has 18 heavy (non-hydrogen) atoms. The van der Waals surface area contributed by atoms with Gasteiger partial charge >= 0.3 is 6.18 Å². The van der Waals surface area contributed by atoms with Crippen LogP contribution in [0.1, 0.15) is 5.56 Å². The van der Waals surface area contributed by atoms with Gasteiger partial charge in [-0.3, -0.25) is 0 Å². The third kappa shape index (κ3) is 2.89. The van der Waals surface area contributed by atoms with Crippen LogP contribution in [-0.2, 0) is 6.18 Å². The molecule has 0 aliphatic heterocycles. The van der Waals surface area contributed by atoms with E-state index in [0.29, 0.717) is 23.1 Å². The van der Waals surface area contributed by atoms with Crippen LogP contribution in [0.2, 0.25) is 5.02 Å². The molecule has 0 saturated heterocycles. The van der Waals surface area contributed by atoms with Gasteiger partial charge in [0.15, 0.2) is 0 Å². The fraction of sp³-hybridized carbons (Fsp3) is 0.0909. The van der Waals surface area contributed by atoms with Crippen LogP contribution in [0.25, 0.3) is 0 Å². The predicted molar refractivity (Wildman–Crippen MR) is 61.8 cm³/mol. The first-order chi connectivity index (χ1) is 8.47. The quantitative estimate of drug-likeness (QED) is 0.902. The van der Waals surface area contributed by atoms with Gasteiger partial charge in [0.25, 0.3) is 0 Å². The van der Waals surface area contributed by atoms with Gasteiger partial charge in [-0.15, -0.1) is 0 Å². The molecule has 1 aromatic carbocycles. The van der Waals surface area contributed by atoms with Crippen LogP contribution in [0.3, 0.4) is 0 Å². The number of nitrogens with one attached hydrogen (secondary N) is 1. The summed E-state index contributed by atoms with van der Waals surface area (Å²) in [5.74, 6) is 0.0519. The monoisotopic (exact) mass is 273 g/mol. The lowest BCUT2D eigenvalue weighted by atomic mass is 10.3. The third-order valence-corrected chi connectivity index (χ3v) is 2.43. The zero-order valence-electron chi connectivity index (χ0n) is 8.87. The summed E-state index contributed by atoms with van der Waals surface area (Å²) < 4.78 is 36.9. The molecule has 2 aromatic rings. The topological polar surface area (TPSA) is 37.8 Å². The maximum Gasteiger partial charge on any atom is 0.419 e. The highest BCUT2D eigenvalue weighted by Gasteiger charge is 2.31. The molecule has 1 aromatic heterocycles. The summed E-state index contributed by atoms with van der Waals surface area (Å²) in [5, 5.41) is 3.16. The molecule has 0 atom stereocenters. The number of hydrogen-bond donors (Lipinski definition) is 1. The Morgan fingerprint density at radius 2 is 1.67 bits per heavy atom. The molecule has 1 N–H and O–H groups in total. The Morgan fingerprint density at radius 1 is 1.06 bits per heavy atom. The third-order valence-electron chi connectivity index (χ3n) is 2.10. The van der Waals surface area contributed by atoms with Crippen molar-refractivity contribution >= 4 is 23.2 Å². The summed E-state index contributed by atoms with van der Waals surface area (Å²) in [6, 6.07) is 6.79. The van der Waals surface area contributed by atoms with Crippen LogP contribution in [-0.4, -0.2) is 9.97 Å². The maximum atomic E-state index is 12.3. The molecular weight excluding hydrogens is 267 g/mol. The lowest BCUT2D eigenvalue weighted by Crippen LogP contribution is -2.07. The summed E-state index contributed by atoms with van der Waals surface area (Å²) in [6.45, 7) is 0. The van der Waals surface area contributed by atoms with E-state index in [2.05, 4.69) is 15.3 Å². The molecule has 0 aliphatic carbocycles. The van der Waals surface area contributed by atoms with Crippen molar-refractivity contribution in [1.82, 2.24) is 9.97 Å². The van der Waals surface area contributed by atoms with E-state index in [4.69, 9.17) is 11.6 Å². The van der Waals surface area contributed by atoms with Crippen molar-refractivity contribution in [2.24, 2.45) is 0 Å². The summed E-state index contributed by atoms with van der Waals surface area (Å²) >= 11 is 5.88. The molecule has 0 bridgehead atoms. The number of aromatic nitrogens is 2. The summed E-state index contributed by atoms with van der Waals surface area (Å²) in [4.78, 5) is 7.16. The van der Waals surface area contributed by atoms with Crippen LogP contribution in [0.15, 0.2) is 36.7 Å². The van der Waals surface area contributed by atoms with E-state index in [1.54, 1.807) is 24.3 Å². The maximum absolute atomic E-state index is 12.3. The van der Waals surface area contributed by atoms with Gasteiger partial charge in [0, 0.05) is 12.4 Å². The Bertz CT molecular complexity index is 540. The standard InChI is InChI=1S/C11H7ClF3N3/c12-8-3-1-2-4-9(8)18-10-16-5-7(6-17-10)11(13,14)15/h1-6H,(H,16,17,18). The van der Waals surface area contributed by atoms with E-state index in [1.807, 2.05) is 0 Å². The molecule has 94 valence electrons. The minimum absolute atomic E-state index is 0.0519. The summed E-state index contributed by atoms with van der Waals surface area (Å²) in [7, 11) is 0. The largest absolute Gasteiger partial charge is 0.419 e. The first kappa shape index (κ1) is 12.6. The lowest BCUT2D eigenvalue weighted by molar-refractivity contribution is -0.138. The van der Waals surface area contributed by atoms with Gasteiger partial charge in [0.05, 0.1) is 16.3 Å². The van der Waals surface area contributed by atoms with Crippen molar-refractivity contribution in [2.45, 2.75) is 6.18 Å². The van der Waals surface area contributed by atoms with E-state index in [1.165, 1.54) is 0 Å². The highest BCUT2D eigenvalue weighted by molar-refractivity contribution is 6.33. The number of rotatable bonds is 2. The van der Waals surface area contributed by atoms with Crippen molar-refractivity contribution in [1.29, 1.82) is 0 Å². The second-order valence-electron chi connectivity index (χ2n) is 3.40. The van der Waals surface area contributed by atoms with E-state index < -0.39 is 11.7 Å². The predicted octanol–water partition coefficient (Wildman–Crippen LogP) is 3.89. The highest BCUT2D eigenvalue weighted by atomic mass is 35.5. The van der Waals surface area contributed by atoms with Crippen LogP contribution < -0.4 is 5.32 Å². The Balaban J connectivity index is 2.19. The van der Waals surface area contributed by atoms with Gasteiger partial charge in [-0.2, -0.15) is 13.2 Å². The number of hydrogen-bond acceptors (Lipinski definition) is 3. The Kier molecular flexibility index (Phi) is 3.38. The lowest BCUT2D eigenvalue weighted by Gasteiger charge is -2.08. The first-order valence-corrected chi connectivity index (χ1v) is 5.25. The first-order valence-electron chi connectivity index (χ1n) is 4.87. The Hall–Kier alpha value is -1.82. The number of nitrogens with zero attached hydrogens (tertiary/aromatic N) is 2. The average Bonchev–Trinajstić information content (AvgIpc) is 2.32. The second-order valence-corrected chi connectivity index (χ2v) is 3.81. The normalized spacial score (nSPS) is 11.3. The van der Waals surface area contributed by atoms with Crippen molar-refractivity contribution in [2.75, 3.05) is 5.32 Å². The molecule has 0 unspecified atom stereocenters. The second kappa shape index (κ2) is 4.81. The molecule has 0 saturated carbocycles. The van der Waals surface area contributed by atoms with Gasteiger partial charge in [-0.05, 0) is 12.1 Å². The van der Waals surface area contributed by atoms with Gasteiger partial charge < -0.3 is 5.32 Å². The van der Waals surface area contributed by atoms with E-state index >= 15 is 0 Å². The number of para-hydroxylation sites is 1. The minimum atomic E-state index is -4.44. The molecule has 0 aliphatic rings. The van der Waals surface area contributed by atoms with Crippen LogP contribution in [0, 0.1) is 0 Å². The smallest absolute Gasteiger partial charge is 0.323 e. The van der Waals surface area contributed by atoms with E-state index in [-0.39, 0.29) is 5.95 Å². The number of alkyl halides is 3. The number of benzene rings is 1. The molecule has 1 heterocycles. The molecule has 2 rings (SSSR count). The van der Waals surface area contributed by atoms with E-state index in [0.717, 1.165) is 0 Å². The Morgan fingerprint density at radius 3 is 2.22 bits per heavy atom. The zero-order chi connectivity index (χ0) is 13.2. The van der Waals surface area contributed by atoms with Gasteiger partial charge in [0.1, 0.15) is 0 Å². The van der Waals surface area contributed by atoms with Crippen LogP contribution >= 0.6 is 11.6 Å². The molecule has 0 amide bonds. The van der Waals surface area contributed by atoms with Crippen molar-refractivity contribution < 1.29 is 13.2 Å². The fourth-order valence-electron chi connectivity index (χ4n) is 1.22. The van der Waals surface area contributed by atoms with Crippen LogP contribution in [0.4, 0.5) is 24.8 Å². The van der Waals surface area contributed by atoms with Crippen LogP contribution in [0.5, 0.6) is 0 Å². The molecule has 3 nitrogen and oxygen atoms in total. The van der Waals surface area contributed by atoms with E-state index in [9.17, 15) is 13.2 Å². The zero-order valence-corrected chi connectivity index (χ0v) is 9.63.